The average molecular weight is 428 g/mol. The van der Waals surface area contributed by atoms with Crippen LogP contribution in [0.15, 0.2) is 115 Å². The van der Waals surface area contributed by atoms with Crippen LogP contribution in [0.2, 0.25) is 0 Å². The summed E-state index contributed by atoms with van der Waals surface area (Å²) in [6, 6.07) is 37.9. The van der Waals surface area contributed by atoms with Crippen LogP contribution < -0.4 is 5.59 Å². The van der Waals surface area contributed by atoms with E-state index in [0.717, 1.165) is 27.9 Å². The summed E-state index contributed by atoms with van der Waals surface area (Å²) >= 11 is 0. The predicted molar refractivity (Wildman–Crippen MR) is 134 cm³/mol. The molecule has 0 amide bonds. The van der Waals surface area contributed by atoms with Crippen molar-refractivity contribution in [3.63, 3.8) is 0 Å². The maximum Gasteiger partial charge on any atom is 0.508 e. The third-order valence-corrected chi connectivity index (χ3v) is 5.52. The van der Waals surface area contributed by atoms with Crippen molar-refractivity contribution in [3.8, 4) is 44.9 Å². The van der Waals surface area contributed by atoms with Crippen LogP contribution in [0.4, 0.5) is 0 Å². The lowest BCUT2D eigenvalue weighted by Gasteiger charge is -2.11. The van der Waals surface area contributed by atoms with Crippen molar-refractivity contribution in [3.05, 3.63) is 115 Å². The molecule has 0 radical (unpaired) electrons. The normalized spacial score (nSPS) is 10.7. The Labute approximate surface area is 193 Å². The van der Waals surface area contributed by atoms with E-state index in [-0.39, 0.29) is 5.59 Å². The van der Waals surface area contributed by atoms with E-state index in [2.05, 4.69) is 47.4 Å². The van der Waals surface area contributed by atoms with Gasteiger partial charge in [-0.05, 0) is 46.5 Å². The summed E-state index contributed by atoms with van der Waals surface area (Å²) in [6.45, 7) is 0. The minimum Gasteiger partial charge on any atom is -0.422 e. The Hall–Kier alpha value is -4.06. The van der Waals surface area contributed by atoms with Crippen molar-refractivity contribution in [2.45, 2.75) is 0 Å². The molecule has 0 bridgehead atoms. The van der Waals surface area contributed by atoms with Gasteiger partial charge in [0.1, 0.15) is 0 Å². The highest BCUT2D eigenvalue weighted by Gasteiger charge is 2.15. The van der Waals surface area contributed by atoms with Crippen molar-refractivity contribution in [2.24, 2.45) is 0 Å². The topological polar surface area (TPSA) is 66.2 Å². The number of nitrogens with zero attached hydrogens (tertiary/aromatic N) is 2. The first-order valence-electron chi connectivity index (χ1n) is 10.7. The van der Waals surface area contributed by atoms with Gasteiger partial charge in [0.05, 0.1) is 22.7 Å². The SMILES string of the molecule is OB(O)c1cccc(-c2cc(-c3ccc(-c4ccccc4)cc3)cc(-c3ccccc3)n2)n1. The molecule has 2 heterocycles. The van der Waals surface area contributed by atoms with Crippen LogP contribution in [-0.4, -0.2) is 27.1 Å². The Bertz CT molecular complexity index is 1370. The molecule has 0 atom stereocenters. The lowest BCUT2D eigenvalue weighted by atomic mass is 9.85. The molecular formula is C28H21BN2O2. The van der Waals surface area contributed by atoms with E-state index in [1.54, 1.807) is 12.1 Å². The lowest BCUT2D eigenvalue weighted by molar-refractivity contribution is 0.424. The molecule has 2 aromatic heterocycles. The molecule has 5 aromatic rings. The van der Waals surface area contributed by atoms with Gasteiger partial charge in [-0.3, -0.25) is 4.98 Å². The first kappa shape index (κ1) is 20.8. The highest BCUT2D eigenvalue weighted by atomic mass is 16.4. The first-order chi connectivity index (χ1) is 16.2. The van der Waals surface area contributed by atoms with E-state index in [9.17, 15) is 10.0 Å². The van der Waals surface area contributed by atoms with Crippen LogP contribution in [-0.2, 0) is 0 Å². The second-order valence-electron chi connectivity index (χ2n) is 7.76. The minimum absolute atomic E-state index is 0.188. The summed E-state index contributed by atoms with van der Waals surface area (Å²) in [7, 11) is -1.63. The summed E-state index contributed by atoms with van der Waals surface area (Å²) < 4.78 is 0. The highest BCUT2D eigenvalue weighted by molar-refractivity contribution is 6.57. The maximum atomic E-state index is 9.55. The lowest BCUT2D eigenvalue weighted by Crippen LogP contribution is -2.32. The van der Waals surface area contributed by atoms with Crippen molar-refractivity contribution in [1.29, 1.82) is 0 Å². The highest BCUT2D eigenvalue weighted by Crippen LogP contribution is 2.31. The molecule has 0 saturated heterocycles. The van der Waals surface area contributed by atoms with E-state index in [1.807, 2.05) is 60.7 Å². The number of pyridine rings is 2. The molecule has 0 saturated carbocycles. The monoisotopic (exact) mass is 428 g/mol. The van der Waals surface area contributed by atoms with Gasteiger partial charge in [-0.25, -0.2) is 4.98 Å². The van der Waals surface area contributed by atoms with Crippen LogP contribution in [0.25, 0.3) is 44.9 Å². The molecule has 0 aliphatic carbocycles. The second kappa shape index (κ2) is 9.21. The standard InChI is InChI=1S/C28H21BN2O2/c32-29(33)28-13-7-12-25(31-28)27-19-24(18-26(30-27)23-10-5-2-6-11-23)22-16-14-21(15-17-22)20-8-3-1-4-9-20/h1-19,32-33H. The smallest absolute Gasteiger partial charge is 0.422 e. The molecule has 5 heteroatoms. The minimum atomic E-state index is -1.63. The van der Waals surface area contributed by atoms with E-state index in [0.29, 0.717) is 11.4 Å². The first-order valence-corrected chi connectivity index (χ1v) is 10.7. The van der Waals surface area contributed by atoms with E-state index < -0.39 is 7.12 Å². The zero-order valence-electron chi connectivity index (χ0n) is 17.8. The van der Waals surface area contributed by atoms with Crippen LogP contribution in [0, 0.1) is 0 Å². The van der Waals surface area contributed by atoms with Crippen molar-refractivity contribution in [2.75, 3.05) is 0 Å². The van der Waals surface area contributed by atoms with Crippen LogP contribution in [0.5, 0.6) is 0 Å². The van der Waals surface area contributed by atoms with Crippen LogP contribution in [0.3, 0.4) is 0 Å². The quantitative estimate of drug-likeness (QED) is 0.394. The fourth-order valence-corrected chi connectivity index (χ4v) is 3.81. The summed E-state index contributed by atoms with van der Waals surface area (Å²) in [5, 5.41) is 19.1. The zero-order valence-corrected chi connectivity index (χ0v) is 17.8. The zero-order chi connectivity index (χ0) is 22.6. The fourth-order valence-electron chi connectivity index (χ4n) is 3.81. The number of hydrogen-bond acceptors (Lipinski definition) is 4. The van der Waals surface area contributed by atoms with Crippen molar-refractivity contribution < 1.29 is 10.0 Å². The molecule has 5 rings (SSSR count). The average Bonchev–Trinajstić information content (AvgIpc) is 2.89. The molecule has 0 aliphatic heterocycles. The molecule has 3 aromatic carbocycles. The van der Waals surface area contributed by atoms with Crippen LogP contribution in [0.1, 0.15) is 0 Å². The van der Waals surface area contributed by atoms with Gasteiger partial charge in [0, 0.05) is 5.56 Å². The molecule has 0 aliphatic rings. The third-order valence-electron chi connectivity index (χ3n) is 5.52. The molecular weight excluding hydrogens is 407 g/mol. The fraction of sp³-hybridized carbons (Fsp3) is 0. The van der Waals surface area contributed by atoms with Gasteiger partial charge in [0.2, 0.25) is 0 Å². The number of rotatable bonds is 5. The predicted octanol–water partition coefficient (Wildman–Crippen LogP) is 4.82. The molecule has 0 fully saturated rings. The summed E-state index contributed by atoms with van der Waals surface area (Å²) in [5.41, 5.74) is 7.67. The number of benzene rings is 3. The van der Waals surface area contributed by atoms with E-state index >= 15 is 0 Å². The maximum absolute atomic E-state index is 9.55. The largest absolute Gasteiger partial charge is 0.508 e. The van der Waals surface area contributed by atoms with Gasteiger partial charge >= 0.3 is 7.12 Å². The molecule has 158 valence electrons. The van der Waals surface area contributed by atoms with E-state index in [4.69, 9.17) is 4.98 Å². The van der Waals surface area contributed by atoms with Crippen molar-refractivity contribution >= 4 is 12.7 Å². The Morgan fingerprint density at radius 1 is 0.424 bits per heavy atom. The van der Waals surface area contributed by atoms with Gasteiger partial charge < -0.3 is 10.0 Å². The van der Waals surface area contributed by atoms with Crippen LogP contribution >= 0.6 is 0 Å². The third kappa shape index (κ3) is 4.60. The summed E-state index contributed by atoms with van der Waals surface area (Å²) in [4.78, 5) is 9.24. The van der Waals surface area contributed by atoms with Gasteiger partial charge in [-0.1, -0.05) is 91.0 Å². The number of aromatic nitrogens is 2. The Balaban J connectivity index is 1.61. The molecule has 2 N–H and O–H groups in total. The molecule has 0 unspecified atom stereocenters. The van der Waals surface area contributed by atoms with Gasteiger partial charge in [-0.2, -0.15) is 0 Å². The summed E-state index contributed by atoms with van der Waals surface area (Å²) in [5.74, 6) is 0. The molecule has 33 heavy (non-hydrogen) atoms. The van der Waals surface area contributed by atoms with Gasteiger partial charge in [0.25, 0.3) is 0 Å². The second-order valence-corrected chi connectivity index (χ2v) is 7.76. The Kier molecular flexibility index (Phi) is 5.81. The van der Waals surface area contributed by atoms with Gasteiger partial charge in [0.15, 0.2) is 0 Å². The Morgan fingerprint density at radius 2 is 0.970 bits per heavy atom. The van der Waals surface area contributed by atoms with Gasteiger partial charge in [-0.15, -0.1) is 0 Å². The number of hydrogen-bond donors (Lipinski definition) is 2. The molecule has 4 nitrogen and oxygen atoms in total. The van der Waals surface area contributed by atoms with E-state index in [1.165, 1.54) is 5.56 Å². The van der Waals surface area contributed by atoms with Crippen molar-refractivity contribution in [1.82, 2.24) is 9.97 Å². The molecule has 0 spiro atoms. The summed E-state index contributed by atoms with van der Waals surface area (Å²) in [6.07, 6.45) is 0. The Morgan fingerprint density at radius 3 is 1.61 bits per heavy atom.